The summed E-state index contributed by atoms with van der Waals surface area (Å²) >= 11 is 5.60. The molecule has 0 saturated heterocycles. The molecule has 56 heavy (non-hydrogen) atoms. The number of rotatable bonds is 6. The Balaban J connectivity index is 1.11. The molecule has 0 spiro atoms. The van der Waals surface area contributed by atoms with Gasteiger partial charge in [0.1, 0.15) is 0 Å². The standard InChI is InChI=1S/C51H46N2S3/c1-31-13-15-33(16-14-31)37-30-48(50(2,3)4)53-41-20-18-35(28-39(37)41)34-17-19-40-38(27-34)36(32-11-9-8-10-12-32)29-42(52-40)43-21-22-44(54-43)45-23-24-46(55-45)47-25-26-49(56-47)51(5,6)7/h8-13,15-31H,14H2,1-7H3. The third-order valence-corrected chi connectivity index (χ3v) is 14.8. The summed E-state index contributed by atoms with van der Waals surface area (Å²) in [6.45, 7) is 15.9. The van der Waals surface area contributed by atoms with Gasteiger partial charge in [0.05, 0.1) is 21.6 Å². The molecule has 9 rings (SSSR count). The topological polar surface area (TPSA) is 25.8 Å². The van der Waals surface area contributed by atoms with Crippen LogP contribution in [0.25, 0.3) is 79.7 Å². The molecule has 1 atom stereocenters. The SMILES string of the molecule is CC1C=CC(c2cc(C(C)(C)C)nc3ccc(-c4ccc5nc(-c6ccc(-c7ccc(-c8ccc(C(C)(C)C)s8)s7)s6)cc(-c6ccccc6)c5c4)cc23)=CC1. The van der Waals surface area contributed by atoms with E-state index in [0.29, 0.717) is 5.92 Å². The molecule has 0 fully saturated rings. The average molecular weight is 783 g/mol. The molecular formula is C51H46N2S3. The number of fused-ring (bicyclic) bond motifs is 2. The van der Waals surface area contributed by atoms with Crippen LogP contribution in [0.5, 0.6) is 0 Å². The molecule has 0 N–H and O–H groups in total. The third-order valence-electron chi connectivity index (χ3n) is 10.7. The first-order chi connectivity index (χ1) is 26.9. The molecule has 5 aromatic heterocycles. The number of thiophene rings is 3. The summed E-state index contributed by atoms with van der Waals surface area (Å²) < 4.78 is 0. The third kappa shape index (κ3) is 7.13. The Hall–Kier alpha value is -4.94. The fourth-order valence-corrected chi connectivity index (χ4v) is 10.6. The fraction of sp³-hybridized carbons (Fsp3) is 0.216. The average Bonchev–Trinajstić information content (AvgIpc) is 3.99. The zero-order valence-electron chi connectivity index (χ0n) is 33.1. The first-order valence-corrected chi connectivity index (χ1v) is 22.0. The van der Waals surface area contributed by atoms with Gasteiger partial charge in [-0.25, -0.2) is 4.98 Å². The van der Waals surface area contributed by atoms with E-state index in [1.54, 1.807) is 0 Å². The van der Waals surface area contributed by atoms with Crippen LogP contribution in [0.2, 0.25) is 0 Å². The molecule has 0 radical (unpaired) electrons. The van der Waals surface area contributed by atoms with Crippen molar-refractivity contribution in [2.24, 2.45) is 5.92 Å². The Morgan fingerprint density at radius 1 is 0.536 bits per heavy atom. The van der Waals surface area contributed by atoms with Crippen molar-refractivity contribution < 1.29 is 0 Å². The highest BCUT2D eigenvalue weighted by molar-refractivity contribution is 7.27. The van der Waals surface area contributed by atoms with Crippen LogP contribution < -0.4 is 0 Å². The van der Waals surface area contributed by atoms with Crippen molar-refractivity contribution in [3.8, 4) is 52.3 Å². The molecule has 3 aromatic carbocycles. The summed E-state index contributed by atoms with van der Waals surface area (Å²) in [4.78, 5) is 18.3. The monoisotopic (exact) mass is 782 g/mol. The summed E-state index contributed by atoms with van der Waals surface area (Å²) in [5.41, 5.74) is 11.5. The van der Waals surface area contributed by atoms with Crippen LogP contribution in [-0.2, 0) is 10.8 Å². The van der Waals surface area contributed by atoms with Gasteiger partial charge in [-0.3, -0.25) is 4.98 Å². The Morgan fingerprint density at radius 2 is 1.12 bits per heavy atom. The van der Waals surface area contributed by atoms with Crippen molar-refractivity contribution in [1.29, 1.82) is 0 Å². The first-order valence-electron chi connectivity index (χ1n) is 19.5. The molecule has 1 unspecified atom stereocenters. The minimum Gasteiger partial charge on any atom is -0.252 e. The van der Waals surface area contributed by atoms with Crippen LogP contribution in [0.3, 0.4) is 0 Å². The normalized spacial score (nSPS) is 14.8. The van der Waals surface area contributed by atoms with E-state index in [1.165, 1.54) is 68.0 Å². The van der Waals surface area contributed by atoms with Crippen molar-refractivity contribution in [3.05, 3.63) is 150 Å². The highest BCUT2D eigenvalue weighted by Crippen LogP contribution is 2.44. The molecule has 0 aliphatic heterocycles. The van der Waals surface area contributed by atoms with Crippen LogP contribution in [0.1, 0.15) is 71.0 Å². The van der Waals surface area contributed by atoms with Crippen molar-refractivity contribution >= 4 is 61.4 Å². The van der Waals surface area contributed by atoms with Crippen LogP contribution in [0, 0.1) is 5.92 Å². The second kappa shape index (κ2) is 14.2. The predicted octanol–water partition coefficient (Wildman–Crippen LogP) is 15.9. The van der Waals surface area contributed by atoms with Crippen molar-refractivity contribution in [3.63, 3.8) is 0 Å². The summed E-state index contributed by atoms with van der Waals surface area (Å²) in [6, 6.07) is 42.5. The van der Waals surface area contributed by atoms with Crippen LogP contribution in [0.15, 0.2) is 133 Å². The molecule has 278 valence electrons. The minimum absolute atomic E-state index is 0.0506. The van der Waals surface area contributed by atoms with Gasteiger partial charge < -0.3 is 0 Å². The maximum atomic E-state index is 5.31. The van der Waals surface area contributed by atoms with E-state index >= 15 is 0 Å². The first kappa shape index (κ1) is 36.7. The van der Waals surface area contributed by atoms with Gasteiger partial charge in [-0.2, -0.15) is 0 Å². The smallest absolute Gasteiger partial charge is 0.0815 e. The van der Waals surface area contributed by atoms with E-state index in [0.717, 1.165) is 34.2 Å². The second-order valence-electron chi connectivity index (χ2n) is 17.2. The molecule has 0 amide bonds. The Kier molecular flexibility index (Phi) is 9.31. The Morgan fingerprint density at radius 3 is 1.73 bits per heavy atom. The minimum atomic E-state index is -0.0506. The van der Waals surface area contributed by atoms with Gasteiger partial charge in [-0.1, -0.05) is 109 Å². The van der Waals surface area contributed by atoms with E-state index in [9.17, 15) is 0 Å². The van der Waals surface area contributed by atoms with Gasteiger partial charge in [-0.15, -0.1) is 34.0 Å². The Bertz CT molecular complexity index is 2810. The maximum absolute atomic E-state index is 5.31. The van der Waals surface area contributed by atoms with E-state index < -0.39 is 0 Å². The summed E-state index contributed by atoms with van der Waals surface area (Å²) in [7, 11) is 0. The quantitative estimate of drug-likeness (QED) is 0.168. The van der Waals surface area contributed by atoms with Crippen molar-refractivity contribution in [2.45, 2.75) is 65.7 Å². The Labute approximate surface area is 343 Å². The zero-order valence-corrected chi connectivity index (χ0v) is 35.6. The second-order valence-corrected chi connectivity index (χ2v) is 20.4. The lowest BCUT2D eigenvalue weighted by Crippen LogP contribution is -2.14. The molecular weight excluding hydrogens is 737 g/mol. The summed E-state index contributed by atoms with van der Waals surface area (Å²) in [5, 5.41) is 2.34. The van der Waals surface area contributed by atoms with Gasteiger partial charge in [-0.05, 0) is 124 Å². The van der Waals surface area contributed by atoms with Crippen LogP contribution in [-0.4, -0.2) is 9.97 Å². The van der Waals surface area contributed by atoms with E-state index in [1.807, 2.05) is 34.0 Å². The van der Waals surface area contributed by atoms with Gasteiger partial charge in [0.25, 0.3) is 0 Å². The molecule has 5 heterocycles. The number of hydrogen-bond donors (Lipinski definition) is 0. The van der Waals surface area contributed by atoms with E-state index in [4.69, 9.17) is 9.97 Å². The van der Waals surface area contributed by atoms with Crippen LogP contribution in [0.4, 0.5) is 0 Å². The van der Waals surface area contributed by atoms with E-state index in [-0.39, 0.29) is 10.8 Å². The molecule has 0 saturated carbocycles. The number of hydrogen-bond acceptors (Lipinski definition) is 5. The molecule has 0 bridgehead atoms. The molecule has 5 heteroatoms. The number of allylic oxidation sites excluding steroid dienone is 4. The highest BCUT2D eigenvalue weighted by atomic mass is 32.1. The summed E-state index contributed by atoms with van der Waals surface area (Å²) in [6.07, 6.45) is 8.08. The lowest BCUT2D eigenvalue weighted by Gasteiger charge is -2.22. The fourth-order valence-electron chi connectivity index (χ4n) is 7.43. The van der Waals surface area contributed by atoms with Gasteiger partial charge >= 0.3 is 0 Å². The lowest BCUT2D eigenvalue weighted by atomic mass is 9.86. The van der Waals surface area contributed by atoms with E-state index in [2.05, 4.69) is 182 Å². The molecule has 8 aromatic rings. The molecule has 1 aliphatic rings. The number of benzene rings is 3. The van der Waals surface area contributed by atoms with Crippen LogP contribution >= 0.6 is 34.0 Å². The van der Waals surface area contributed by atoms with Gasteiger partial charge in [0.15, 0.2) is 0 Å². The number of nitrogens with zero attached hydrogens (tertiary/aromatic N) is 2. The number of pyridine rings is 2. The van der Waals surface area contributed by atoms with Crippen molar-refractivity contribution in [1.82, 2.24) is 9.97 Å². The van der Waals surface area contributed by atoms with Gasteiger partial charge in [0, 0.05) is 46.3 Å². The molecule has 1 aliphatic carbocycles. The lowest BCUT2D eigenvalue weighted by molar-refractivity contribution is 0.571. The largest absolute Gasteiger partial charge is 0.252 e. The number of aromatic nitrogens is 2. The predicted molar refractivity (Wildman–Crippen MR) is 246 cm³/mol. The summed E-state index contributed by atoms with van der Waals surface area (Å²) in [5.74, 6) is 0.560. The highest BCUT2D eigenvalue weighted by Gasteiger charge is 2.21. The van der Waals surface area contributed by atoms with Gasteiger partial charge in [0.2, 0.25) is 0 Å². The van der Waals surface area contributed by atoms with Crippen molar-refractivity contribution in [2.75, 3.05) is 0 Å². The zero-order chi connectivity index (χ0) is 38.8. The molecule has 2 nitrogen and oxygen atoms in total. The maximum Gasteiger partial charge on any atom is 0.0815 e.